The molecule has 0 heteroatoms. The molecule has 2 aliphatic carbocycles. The van der Waals surface area contributed by atoms with Crippen LogP contribution in [0.15, 0.2) is 0 Å². The highest BCUT2D eigenvalue weighted by molar-refractivity contribution is 4.90. The molecule has 0 aromatic rings. The quantitative estimate of drug-likeness (QED) is 0.138. The van der Waals surface area contributed by atoms with Crippen LogP contribution in [-0.4, -0.2) is 0 Å². The SMILES string of the molecule is CCCCCCCC1CCCCCC(C(C)CC(C)C(C)CCCCC2(C(CC)CCC)CCCC2)CCCC1. The van der Waals surface area contributed by atoms with Gasteiger partial charge in [-0.2, -0.15) is 0 Å². The van der Waals surface area contributed by atoms with E-state index in [0.29, 0.717) is 0 Å². The van der Waals surface area contributed by atoms with Gasteiger partial charge in [-0.25, -0.2) is 0 Å². The van der Waals surface area contributed by atoms with Crippen LogP contribution in [0.4, 0.5) is 0 Å². The van der Waals surface area contributed by atoms with Gasteiger partial charge in [-0.15, -0.1) is 0 Å². The fraction of sp³-hybridized carbons (Fsp3) is 1.00. The zero-order valence-corrected chi connectivity index (χ0v) is 29.1. The van der Waals surface area contributed by atoms with Crippen molar-refractivity contribution in [1.29, 1.82) is 0 Å². The fourth-order valence-corrected chi connectivity index (χ4v) is 9.51. The van der Waals surface area contributed by atoms with E-state index in [0.717, 1.165) is 40.9 Å². The summed E-state index contributed by atoms with van der Waals surface area (Å²) in [5.74, 6) is 5.76. The van der Waals surface area contributed by atoms with Gasteiger partial charge in [0.25, 0.3) is 0 Å². The second kappa shape index (κ2) is 21.7. The van der Waals surface area contributed by atoms with E-state index in [4.69, 9.17) is 0 Å². The lowest BCUT2D eigenvalue weighted by molar-refractivity contribution is 0.128. The number of hydrogen-bond acceptors (Lipinski definition) is 0. The Morgan fingerprint density at radius 2 is 1.25 bits per heavy atom. The van der Waals surface area contributed by atoms with Gasteiger partial charge in [0.15, 0.2) is 0 Å². The first-order valence-electron chi connectivity index (χ1n) is 19.5. The zero-order valence-electron chi connectivity index (χ0n) is 29.1. The molecule has 0 aromatic heterocycles. The van der Waals surface area contributed by atoms with E-state index < -0.39 is 0 Å². The smallest absolute Gasteiger partial charge is 0.0269 e. The lowest BCUT2D eigenvalue weighted by atomic mass is 9.67. The van der Waals surface area contributed by atoms with Crippen molar-refractivity contribution in [2.45, 2.75) is 215 Å². The van der Waals surface area contributed by atoms with Crippen molar-refractivity contribution in [3.63, 3.8) is 0 Å². The van der Waals surface area contributed by atoms with Gasteiger partial charge in [0.1, 0.15) is 0 Å². The normalized spacial score (nSPS) is 25.6. The third kappa shape index (κ3) is 13.5. The summed E-state index contributed by atoms with van der Waals surface area (Å²) < 4.78 is 0. The van der Waals surface area contributed by atoms with Gasteiger partial charge >= 0.3 is 0 Å². The monoisotopic (exact) mass is 559 g/mol. The molecule has 0 aliphatic heterocycles. The summed E-state index contributed by atoms with van der Waals surface area (Å²) in [6.45, 7) is 15.0. The molecule has 2 rings (SSSR count). The van der Waals surface area contributed by atoms with Gasteiger partial charge in [0.2, 0.25) is 0 Å². The number of hydrogen-bond donors (Lipinski definition) is 0. The molecule has 0 spiro atoms. The third-order valence-corrected chi connectivity index (χ3v) is 12.5. The summed E-state index contributed by atoms with van der Waals surface area (Å²) in [5.41, 5.74) is 0.720. The highest BCUT2D eigenvalue weighted by Gasteiger charge is 2.39. The molecule has 0 N–H and O–H groups in total. The highest BCUT2D eigenvalue weighted by Crippen LogP contribution is 2.51. The van der Waals surface area contributed by atoms with Crippen molar-refractivity contribution >= 4 is 0 Å². The summed E-state index contributed by atoms with van der Waals surface area (Å²) in [6.07, 6.45) is 40.2. The Labute approximate surface area is 255 Å². The maximum Gasteiger partial charge on any atom is -0.0269 e. The molecule has 0 saturated heterocycles. The van der Waals surface area contributed by atoms with Crippen LogP contribution in [0.5, 0.6) is 0 Å². The molecular weight excluding hydrogens is 480 g/mol. The maximum absolute atomic E-state index is 2.63. The van der Waals surface area contributed by atoms with Crippen LogP contribution in [0, 0.1) is 40.9 Å². The average Bonchev–Trinajstić information content (AvgIpc) is 3.41. The van der Waals surface area contributed by atoms with Crippen LogP contribution in [-0.2, 0) is 0 Å². The molecule has 0 nitrogen and oxygen atoms in total. The molecule has 0 amide bonds. The van der Waals surface area contributed by atoms with Crippen molar-refractivity contribution in [3.8, 4) is 0 Å². The fourth-order valence-electron chi connectivity index (χ4n) is 9.51. The summed E-state index contributed by atoms with van der Waals surface area (Å²) in [6, 6.07) is 0. The van der Waals surface area contributed by atoms with Gasteiger partial charge < -0.3 is 0 Å². The Hall–Kier alpha value is 0. The van der Waals surface area contributed by atoms with Crippen LogP contribution < -0.4 is 0 Å². The Kier molecular flexibility index (Phi) is 19.6. The molecule has 0 bridgehead atoms. The Bertz CT molecular complexity index is 571. The number of unbranched alkanes of at least 4 members (excludes halogenated alkanes) is 5. The third-order valence-electron chi connectivity index (χ3n) is 12.5. The van der Waals surface area contributed by atoms with E-state index in [1.54, 1.807) is 0 Å². The highest BCUT2D eigenvalue weighted by atomic mass is 14.4. The number of rotatable bonds is 19. The van der Waals surface area contributed by atoms with E-state index in [2.05, 4.69) is 41.5 Å². The predicted molar refractivity (Wildman–Crippen MR) is 182 cm³/mol. The Morgan fingerprint density at radius 1 is 0.600 bits per heavy atom. The molecule has 6 unspecified atom stereocenters. The van der Waals surface area contributed by atoms with Crippen molar-refractivity contribution < 1.29 is 0 Å². The van der Waals surface area contributed by atoms with Crippen molar-refractivity contribution in [2.24, 2.45) is 40.9 Å². The minimum atomic E-state index is 0.720. The molecular formula is C40H78. The molecule has 0 radical (unpaired) electrons. The van der Waals surface area contributed by atoms with Crippen molar-refractivity contribution in [1.82, 2.24) is 0 Å². The van der Waals surface area contributed by atoms with E-state index in [1.807, 2.05) is 0 Å². The van der Waals surface area contributed by atoms with Gasteiger partial charge in [0.05, 0.1) is 0 Å². The summed E-state index contributed by atoms with van der Waals surface area (Å²) in [5, 5.41) is 0. The zero-order chi connectivity index (χ0) is 29.1. The topological polar surface area (TPSA) is 0 Å². The maximum atomic E-state index is 2.63. The Balaban J connectivity index is 1.70. The first-order valence-corrected chi connectivity index (χ1v) is 19.5. The van der Waals surface area contributed by atoms with Gasteiger partial charge in [0, 0.05) is 0 Å². The van der Waals surface area contributed by atoms with Crippen LogP contribution >= 0.6 is 0 Å². The van der Waals surface area contributed by atoms with Gasteiger partial charge in [-0.05, 0) is 66.6 Å². The lowest BCUT2D eigenvalue weighted by Gasteiger charge is -2.38. The lowest BCUT2D eigenvalue weighted by Crippen LogP contribution is -2.27. The summed E-state index contributed by atoms with van der Waals surface area (Å²) in [7, 11) is 0. The minimum Gasteiger partial charge on any atom is -0.0654 e. The molecule has 238 valence electrons. The largest absolute Gasteiger partial charge is 0.0654 e. The molecule has 0 heterocycles. The van der Waals surface area contributed by atoms with Crippen LogP contribution in [0.25, 0.3) is 0 Å². The van der Waals surface area contributed by atoms with E-state index in [9.17, 15) is 0 Å². The second-order valence-corrected chi connectivity index (χ2v) is 15.6. The minimum absolute atomic E-state index is 0.720. The van der Waals surface area contributed by atoms with Crippen molar-refractivity contribution in [2.75, 3.05) is 0 Å². The average molecular weight is 559 g/mol. The molecule has 6 atom stereocenters. The summed E-state index contributed by atoms with van der Waals surface area (Å²) in [4.78, 5) is 0. The molecule has 2 saturated carbocycles. The van der Waals surface area contributed by atoms with Gasteiger partial charge in [-0.1, -0.05) is 189 Å². The van der Waals surface area contributed by atoms with Gasteiger partial charge in [-0.3, -0.25) is 0 Å². The van der Waals surface area contributed by atoms with Crippen LogP contribution in [0.3, 0.4) is 0 Å². The van der Waals surface area contributed by atoms with Crippen LogP contribution in [0.2, 0.25) is 0 Å². The van der Waals surface area contributed by atoms with Crippen LogP contribution in [0.1, 0.15) is 215 Å². The predicted octanol–water partition coefficient (Wildman–Crippen LogP) is 14.3. The standard InChI is InChI=1S/C40H78/c1-7-10-11-12-14-25-37-26-15-13-16-28-38(29-18-17-27-37)36(6)33-35(5)34(4)24-19-20-30-40(31-21-22-32-40)39(9-3)23-8-2/h34-39H,7-33H2,1-6H3. The van der Waals surface area contributed by atoms with E-state index in [-0.39, 0.29) is 0 Å². The summed E-state index contributed by atoms with van der Waals surface area (Å²) >= 11 is 0. The van der Waals surface area contributed by atoms with E-state index >= 15 is 0 Å². The molecule has 0 aromatic carbocycles. The second-order valence-electron chi connectivity index (χ2n) is 15.6. The first-order chi connectivity index (χ1) is 19.5. The molecule has 40 heavy (non-hydrogen) atoms. The molecule has 2 fully saturated rings. The molecule has 2 aliphatic rings. The Morgan fingerprint density at radius 3 is 1.93 bits per heavy atom. The first kappa shape index (κ1) is 36.2. The van der Waals surface area contributed by atoms with E-state index in [1.165, 1.54) is 173 Å². The van der Waals surface area contributed by atoms with Crippen molar-refractivity contribution in [3.05, 3.63) is 0 Å².